The summed E-state index contributed by atoms with van der Waals surface area (Å²) in [6.07, 6.45) is 0. The van der Waals surface area contributed by atoms with Crippen molar-refractivity contribution in [2.75, 3.05) is 21.3 Å². The molecule has 2 rings (SSSR count). The molecular weight excluding hydrogens is 356 g/mol. The summed E-state index contributed by atoms with van der Waals surface area (Å²) in [7, 11) is 0.777. The summed E-state index contributed by atoms with van der Waals surface area (Å²) in [6, 6.07) is 9.90. The number of benzene rings is 2. The summed E-state index contributed by atoms with van der Waals surface area (Å²) in [4.78, 5) is 2.39. The van der Waals surface area contributed by atoms with Gasteiger partial charge in [-0.2, -0.15) is 18.4 Å². The number of hydrogen-bond acceptors (Lipinski definition) is 6. The fourth-order valence-corrected chi connectivity index (χ4v) is 3.11. The predicted molar refractivity (Wildman–Crippen MR) is 99.8 cm³/mol. The monoisotopic (exact) mass is 378 g/mol. The van der Waals surface area contributed by atoms with Crippen LogP contribution in [-0.2, 0) is 10.0 Å². The predicted octanol–water partition coefficient (Wildman–Crippen LogP) is 2.72. The molecule has 0 heterocycles. The minimum Gasteiger partial charge on any atom is -0.493 e. The zero-order valence-corrected chi connectivity index (χ0v) is 16.2. The van der Waals surface area contributed by atoms with E-state index in [0.29, 0.717) is 28.5 Å². The van der Waals surface area contributed by atoms with Crippen LogP contribution in [0.15, 0.2) is 46.4 Å². The normalized spacial score (nSPS) is 11.8. The number of ether oxygens (including phenoxy) is 3. The third-order valence-corrected chi connectivity index (χ3v) is 4.97. The average molecular weight is 378 g/mol. The van der Waals surface area contributed by atoms with Crippen LogP contribution in [0.1, 0.15) is 18.1 Å². The second kappa shape index (κ2) is 8.09. The highest BCUT2D eigenvalue weighted by atomic mass is 32.2. The minimum absolute atomic E-state index is 0.143. The molecule has 0 amide bonds. The lowest BCUT2D eigenvalue weighted by Crippen LogP contribution is -2.20. The molecule has 0 atom stereocenters. The Kier molecular flexibility index (Phi) is 6.10. The van der Waals surface area contributed by atoms with Gasteiger partial charge in [-0.15, -0.1) is 0 Å². The Morgan fingerprint density at radius 1 is 0.962 bits per heavy atom. The van der Waals surface area contributed by atoms with E-state index in [9.17, 15) is 8.42 Å². The average Bonchev–Trinajstić information content (AvgIpc) is 2.65. The van der Waals surface area contributed by atoms with Crippen molar-refractivity contribution in [3.63, 3.8) is 0 Å². The highest BCUT2D eigenvalue weighted by Crippen LogP contribution is 2.38. The number of nitrogens with zero attached hydrogens (tertiary/aromatic N) is 1. The van der Waals surface area contributed by atoms with E-state index >= 15 is 0 Å². The number of sulfonamides is 1. The van der Waals surface area contributed by atoms with Gasteiger partial charge in [-0.3, -0.25) is 0 Å². The summed E-state index contributed by atoms with van der Waals surface area (Å²) in [5.74, 6) is 1.36. The highest BCUT2D eigenvalue weighted by molar-refractivity contribution is 7.89. The number of rotatable bonds is 7. The van der Waals surface area contributed by atoms with Crippen LogP contribution in [0.25, 0.3) is 0 Å². The van der Waals surface area contributed by atoms with Gasteiger partial charge < -0.3 is 14.2 Å². The number of nitrogens with one attached hydrogen (secondary N) is 1. The third kappa shape index (κ3) is 4.26. The van der Waals surface area contributed by atoms with Crippen LogP contribution in [0.2, 0.25) is 0 Å². The smallest absolute Gasteiger partial charge is 0.276 e. The van der Waals surface area contributed by atoms with E-state index in [4.69, 9.17) is 14.2 Å². The Bertz CT molecular complexity index is 881. The molecular formula is C18H22N2O5S. The fraction of sp³-hybridized carbons (Fsp3) is 0.278. The van der Waals surface area contributed by atoms with Gasteiger partial charge in [0.15, 0.2) is 11.5 Å². The Morgan fingerprint density at radius 2 is 1.50 bits per heavy atom. The van der Waals surface area contributed by atoms with Crippen molar-refractivity contribution >= 4 is 15.7 Å². The number of hydrogen-bond donors (Lipinski definition) is 1. The summed E-state index contributed by atoms with van der Waals surface area (Å²) in [5.41, 5.74) is 2.05. The molecule has 0 aromatic heterocycles. The van der Waals surface area contributed by atoms with Crippen LogP contribution >= 0.6 is 0 Å². The van der Waals surface area contributed by atoms with E-state index < -0.39 is 10.0 Å². The van der Waals surface area contributed by atoms with Gasteiger partial charge in [-0.25, -0.2) is 0 Å². The SMILES string of the molecule is COc1cc(/C(C)=N\NS(=O)(=O)c2ccc(C)cc2)cc(OC)c1OC. The van der Waals surface area contributed by atoms with Crippen LogP contribution in [0.3, 0.4) is 0 Å². The molecule has 0 unspecified atom stereocenters. The van der Waals surface area contributed by atoms with E-state index in [1.165, 1.54) is 33.5 Å². The Hall–Kier alpha value is -2.74. The number of aryl methyl sites for hydroxylation is 1. The standard InChI is InChI=1S/C18H22N2O5S/c1-12-6-8-15(9-7-12)26(21,22)20-19-13(2)14-10-16(23-3)18(25-5)17(11-14)24-4/h6-11,20H,1-5H3/b19-13-. The lowest BCUT2D eigenvalue weighted by Gasteiger charge is -2.14. The van der Waals surface area contributed by atoms with E-state index in [1.54, 1.807) is 31.2 Å². The maximum absolute atomic E-state index is 12.3. The van der Waals surface area contributed by atoms with Gasteiger partial charge >= 0.3 is 0 Å². The first-order valence-electron chi connectivity index (χ1n) is 7.75. The lowest BCUT2D eigenvalue weighted by molar-refractivity contribution is 0.324. The van der Waals surface area contributed by atoms with Gasteiger partial charge in [0.2, 0.25) is 5.75 Å². The molecule has 26 heavy (non-hydrogen) atoms. The van der Waals surface area contributed by atoms with Crippen LogP contribution < -0.4 is 19.0 Å². The van der Waals surface area contributed by atoms with Gasteiger partial charge in [0.25, 0.3) is 10.0 Å². The summed E-state index contributed by atoms with van der Waals surface area (Å²) in [6.45, 7) is 3.56. The zero-order chi connectivity index (χ0) is 19.3. The first-order chi connectivity index (χ1) is 12.3. The fourth-order valence-electron chi connectivity index (χ4n) is 2.25. The molecule has 0 aliphatic rings. The number of hydrazone groups is 1. The first-order valence-corrected chi connectivity index (χ1v) is 9.24. The molecule has 2 aromatic rings. The minimum atomic E-state index is -3.75. The molecule has 0 aliphatic heterocycles. The Labute approximate surface area is 153 Å². The molecule has 8 heteroatoms. The van der Waals surface area contributed by atoms with Crippen molar-refractivity contribution in [1.29, 1.82) is 0 Å². The third-order valence-electron chi connectivity index (χ3n) is 3.75. The summed E-state index contributed by atoms with van der Waals surface area (Å²) < 4.78 is 40.5. The van der Waals surface area contributed by atoms with Gasteiger partial charge in [0, 0.05) is 5.56 Å². The zero-order valence-electron chi connectivity index (χ0n) is 15.4. The van der Waals surface area contributed by atoms with Gasteiger partial charge in [0.1, 0.15) is 0 Å². The highest BCUT2D eigenvalue weighted by Gasteiger charge is 2.16. The van der Waals surface area contributed by atoms with Gasteiger partial charge in [-0.1, -0.05) is 17.7 Å². The number of methoxy groups -OCH3 is 3. The van der Waals surface area contributed by atoms with Crippen LogP contribution in [-0.4, -0.2) is 35.5 Å². The Morgan fingerprint density at radius 3 is 1.96 bits per heavy atom. The molecule has 7 nitrogen and oxygen atoms in total. The summed E-state index contributed by atoms with van der Waals surface area (Å²) >= 11 is 0. The van der Waals surface area contributed by atoms with E-state index in [0.717, 1.165) is 5.56 Å². The van der Waals surface area contributed by atoms with Crippen molar-refractivity contribution in [3.8, 4) is 17.2 Å². The largest absolute Gasteiger partial charge is 0.493 e. The second-order valence-corrected chi connectivity index (χ2v) is 7.18. The van der Waals surface area contributed by atoms with Crippen molar-refractivity contribution in [2.24, 2.45) is 5.10 Å². The molecule has 0 aliphatic carbocycles. The van der Waals surface area contributed by atoms with Crippen LogP contribution in [0.5, 0.6) is 17.2 Å². The molecule has 0 fully saturated rings. The quantitative estimate of drug-likeness (QED) is 0.591. The molecule has 0 saturated carbocycles. The molecule has 1 N–H and O–H groups in total. The van der Waals surface area contributed by atoms with Crippen molar-refractivity contribution in [2.45, 2.75) is 18.7 Å². The lowest BCUT2D eigenvalue weighted by atomic mass is 10.1. The molecule has 2 aromatic carbocycles. The van der Waals surface area contributed by atoms with E-state index in [-0.39, 0.29) is 4.90 Å². The Balaban J connectivity index is 2.33. The maximum atomic E-state index is 12.3. The summed E-state index contributed by atoms with van der Waals surface area (Å²) in [5, 5.41) is 4.00. The van der Waals surface area contributed by atoms with E-state index in [2.05, 4.69) is 9.93 Å². The maximum Gasteiger partial charge on any atom is 0.276 e. The molecule has 0 radical (unpaired) electrons. The molecule has 0 spiro atoms. The van der Waals surface area contributed by atoms with Crippen molar-refractivity contribution in [1.82, 2.24) is 4.83 Å². The first kappa shape index (κ1) is 19.6. The molecule has 140 valence electrons. The molecule has 0 bridgehead atoms. The second-order valence-electron chi connectivity index (χ2n) is 5.52. The van der Waals surface area contributed by atoms with Crippen molar-refractivity contribution in [3.05, 3.63) is 47.5 Å². The van der Waals surface area contributed by atoms with E-state index in [1.807, 2.05) is 6.92 Å². The van der Waals surface area contributed by atoms with Crippen molar-refractivity contribution < 1.29 is 22.6 Å². The van der Waals surface area contributed by atoms with Crippen LogP contribution in [0, 0.1) is 6.92 Å². The molecule has 0 saturated heterocycles. The topological polar surface area (TPSA) is 86.2 Å². The van der Waals surface area contributed by atoms with Gasteiger partial charge in [0.05, 0.1) is 31.9 Å². The van der Waals surface area contributed by atoms with Crippen LogP contribution in [0.4, 0.5) is 0 Å². The van der Waals surface area contributed by atoms with Gasteiger partial charge in [-0.05, 0) is 38.1 Å².